The smallest absolute Gasteiger partial charge is 0.269 e. The van der Waals surface area contributed by atoms with Gasteiger partial charge in [0.25, 0.3) is 5.91 Å². The lowest BCUT2D eigenvalue weighted by atomic mass is 10.0. The topological polar surface area (TPSA) is 84.6 Å². The monoisotopic (exact) mass is 456 g/mol. The molecule has 0 fully saturated rings. The molecule has 0 saturated carbocycles. The molecule has 4 N–H and O–H groups in total. The summed E-state index contributed by atoms with van der Waals surface area (Å²) in [6, 6.07) is 4.63. The molecule has 0 unspecified atom stereocenters. The largest absolute Gasteiger partial charge is 0.507 e. The number of nitrogen functional groups attached to an aromatic ring is 1. The minimum atomic E-state index is -0.527. The number of unbranched alkanes of at least 4 members (excludes halogenated alkanes) is 15. The number of carbonyl (C=O) groups excluding carboxylic acids is 1. The van der Waals surface area contributed by atoms with Gasteiger partial charge in [0.15, 0.2) is 0 Å². The van der Waals surface area contributed by atoms with E-state index in [1.54, 1.807) is 6.07 Å². The Hall–Kier alpha value is -1.46. The number of ether oxygens (including phenoxy) is 1. The maximum Gasteiger partial charge on any atom is 0.269 e. The molecule has 0 radical (unpaired) electrons. The van der Waals surface area contributed by atoms with Crippen LogP contribution in [0.25, 0.3) is 0 Å². The van der Waals surface area contributed by atoms with Crippen molar-refractivity contribution in [3.8, 4) is 11.5 Å². The number of halogens is 1. The van der Waals surface area contributed by atoms with Crippen LogP contribution in [-0.4, -0.2) is 17.6 Å². The number of rotatable bonds is 19. The van der Waals surface area contributed by atoms with Crippen LogP contribution in [0, 0.1) is 0 Å². The first kappa shape index (κ1) is 29.5. The molecular formula is C25H45ClN2O3. The molecule has 1 aromatic carbocycles. The van der Waals surface area contributed by atoms with Gasteiger partial charge in [-0.1, -0.05) is 103 Å². The Bertz CT molecular complexity index is 570. The summed E-state index contributed by atoms with van der Waals surface area (Å²) in [6.45, 7) is 2.89. The molecule has 0 bridgehead atoms. The van der Waals surface area contributed by atoms with Gasteiger partial charge in [-0.25, -0.2) is 5.84 Å². The van der Waals surface area contributed by atoms with E-state index in [2.05, 4.69) is 6.92 Å². The fourth-order valence-corrected chi connectivity index (χ4v) is 3.70. The molecule has 5 nitrogen and oxygen atoms in total. The second kappa shape index (κ2) is 20.4. The molecule has 0 heterocycles. The summed E-state index contributed by atoms with van der Waals surface area (Å²) in [5.41, 5.74) is 2.15. The van der Waals surface area contributed by atoms with Crippen LogP contribution < -0.4 is 16.0 Å². The lowest BCUT2D eigenvalue weighted by Crippen LogP contribution is -2.30. The first-order valence-electron chi connectivity index (χ1n) is 12.2. The van der Waals surface area contributed by atoms with E-state index < -0.39 is 5.91 Å². The van der Waals surface area contributed by atoms with Gasteiger partial charge >= 0.3 is 0 Å². The maximum absolute atomic E-state index is 11.6. The number of nitrogens with one attached hydrogen (secondary N) is 1. The zero-order chi connectivity index (χ0) is 21.9. The Morgan fingerprint density at radius 2 is 1.29 bits per heavy atom. The van der Waals surface area contributed by atoms with Crippen LogP contribution >= 0.6 is 12.4 Å². The molecule has 1 amide bonds. The number of phenols is 1. The van der Waals surface area contributed by atoms with Crippen molar-refractivity contribution >= 4 is 18.3 Å². The number of hydrogen-bond donors (Lipinski definition) is 3. The molecule has 0 atom stereocenters. The third-order valence-electron chi connectivity index (χ3n) is 5.61. The zero-order valence-electron chi connectivity index (χ0n) is 19.5. The highest BCUT2D eigenvalue weighted by molar-refractivity contribution is 5.96. The quantitative estimate of drug-likeness (QED) is 0.0899. The van der Waals surface area contributed by atoms with Crippen molar-refractivity contribution in [2.24, 2.45) is 5.84 Å². The third kappa shape index (κ3) is 15.1. The molecule has 0 aliphatic rings. The van der Waals surface area contributed by atoms with Gasteiger partial charge in [-0.05, 0) is 24.6 Å². The van der Waals surface area contributed by atoms with Gasteiger partial charge in [-0.2, -0.15) is 0 Å². The lowest BCUT2D eigenvalue weighted by Gasteiger charge is -2.09. The summed E-state index contributed by atoms with van der Waals surface area (Å²) in [4.78, 5) is 11.6. The summed E-state index contributed by atoms with van der Waals surface area (Å²) in [5, 5.41) is 9.68. The second-order valence-corrected chi connectivity index (χ2v) is 8.30. The summed E-state index contributed by atoms with van der Waals surface area (Å²) >= 11 is 0. The molecular weight excluding hydrogens is 412 g/mol. The number of hydrogen-bond acceptors (Lipinski definition) is 4. The van der Waals surface area contributed by atoms with Crippen molar-refractivity contribution in [2.75, 3.05) is 6.61 Å². The average Bonchev–Trinajstić information content (AvgIpc) is 2.76. The molecule has 0 aliphatic heterocycles. The van der Waals surface area contributed by atoms with Gasteiger partial charge in [0.2, 0.25) is 0 Å². The Labute approximate surface area is 195 Å². The minimum absolute atomic E-state index is 0. The van der Waals surface area contributed by atoms with Crippen molar-refractivity contribution in [1.82, 2.24) is 5.43 Å². The van der Waals surface area contributed by atoms with Gasteiger partial charge < -0.3 is 9.84 Å². The first-order chi connectivity index (χ1) is 14.7. The summed E-state index contributed by atoms with van der Waals surface area (Å²) in [6.07, 6.45) is 21.5. The number of carbonyl (C=O) groups is 1. The number of amides is 1. The van der Waals surface area contributed by atoms with E-state index >= 15 is 0 Å². The highest BCUT2D eigenvalue weighted by atomic mass is 35.5. The van der Waals surface area contributed by atoms with E-state index in [4.69, 9.17) is 10.6 Å². The molecule has 1 aromatic rings. The molecule has 180 valence electrons. The van der Waals surface area contributed by atoms with Crippen molar-refractivity contribution < 1.29 is 14.6 Å². The number of phenolic OH excluding ortho intramolecular Hbond substituents is 1. The standard InChI is InChI=1S/C25H44N2O3.ClH/c1-2-3-4-5-6-7-8-9-10-11-12-13-14-15-16-17-20-30-22-18-19-24(28)23(21-22)25(29)27-26;/h18-19,21,28H,2-17,20,26H2,1H3,(H,27,29);1H. The number of hydrazine groups is 1. The predicted molar refractivity (Wildman–Crippen MR) is 132 cm³/mol. The fraction of sp³-hybridized carbons (Fsp3) is 0.720. The van der Waals surface area contributed by atoms with E-state index in [1.807, 2.05) is 5.43 Å². The van der Waals surface area contributed by atoms with Crippen molar-refractivity contribution in [3.05, 3.63) is 23.8 Å². The molecule has 0 aliphatic carbocycles. The van der Waals surface area contributed by atoms with Gasteiger partial charge in [0.1, 0.15) is 11.5 Å². The summed E-state index contributed by atoms with van der Waals surface area (Å²) < 4.78 is 5.68. The van der Waals surface area contributed by atoms with E-state index in [0.29, 0.717) is 12.4 Å². The van der Waals surface area contributed by atoms with Crippen molar-refractivity contribution in [3.63, 3.8) is 0 Å². The van der Waals surface area contributed by atoms with Crippen LogP contribution in [-0.2, 0) is 0 Å². The SMILES string of the molecule is CCCCCCCCCCCCCCCCCCOc1ccc(O)c(C(=O)NN)c1.Cl. The van der Waals surface area contributed by atoms with E-state index in [9.17, 15) is 9.90 Å². The van der Waals surface area contributed by atoms with E-state index in [1.165, 1.54) is 102 Å². The fourth-order valence-electron chi connectivity index (χ4n) is 3.70. The highest BCUT2D eigenvalue weighted by Crippen LogP contribution is 2.23. The summed E-state index contributed by atoms with van der Waals surface area (Å²) in [5.74, 6) is 5.06. The van der Waals surface area contributed by atoms with Crippen molar-refractivity contribution in [1.29, 1.82) is 0 Å². The minimum Gasteiger partial charge on any atom is -0.507 e. The van der Waals surface area contributed by atoms with Crippen LogP contribution in [0.2, 0.25) is 0 Å². The molecule has 31 heavy (non-hydrogen) atoms. The molecule has 0 aromatic heterocycles. The van der Waals surface area contributed by atoms with E-state index in [-0.39, 0.29) is 23.7 Å². The van der Waals surface area contributed by atoms with Crippen LogP contribution in [0.3, 0.4) is 0 Å². The van der Waals surface area contributed by atoms with Gasteiger partial charge in [-0.3, -0.25) is 10.2 Å². The molecule has 0 saturated heterocycles. The van der Waals surface area contributed by atoms with Crippen LogP contribution in [0.4, 0.5) is 0 Å². The number of benzene rings is 1. The Morgan fingerprint density at radius 1 is 0.839 bits per heavy atom. The van der Waals surface area contributed by atoms with Crippen LogP contribution in [0.15, 0.2) is 18.2 Å². The molecule has 0 spiro atoms. The first-order valence-corrected chi connectivity index (χ1v) is 12.2. The van der Waals surface area contributed by atoms with E-state index in [0.717, 1.165) is 12.8 Å². The normalized spacial score (nSPS) is 10.5. The number of aromatic hydroxyl groups is 1. The Morgan fingerprint density at radius 3 is 1.74 bits per heavy atom. The average molecular weight is 457 g/mol. The van der Waals surface area contributed by atoms with Crippen LogP contribution in [0.1, 0.15) is 120 Å². The Balaban J connectivity index is 0.00000900. The molecule has 1 rings (SSSR count). The third-order valence-corrected chi connectivity index (χ3v) is 5.61. The predicted octanol–water partition coefficient (Wildman–Crippen LogP) is 7.06. The Kier molecular flexibility index (Phi) is 19.5. The highest BCUT2D eigenvalue weighted by Gasteiger charge is 2.11. The molecule has 6 heteroatoms. The summed E-state index contributed by atoms with van der Waals surface area (Å²) in [7, 11) is 0. The zero-order valence-corrected chi connectivity index (χ0v) is 20.3. The lowest BCUT2D eigenvalue weighted by molar-refractivity contribution is 0.0950. The number of nitrogens with two attached hydrogens (primary N) is 1. The maximum atomic E-state index is 11.6. The van der Waals surface area contributed by atoms with Gasteiger partial charge in [0.05, 0.1) is 12.2 Å². The van der Waals surface area contributed by atoms with Crippen LogP contribution in [0.5, 0.6) is 11.5 Å². The van der Waals surface area contributed by atoms with Gasteiger partial charge in [-0.15, -0.1) is 12.4 Å². The van der Waals surface area contributed by atoms with Crippen molar-refractivity contribution in [2.45, 2.75) is 110 Å². The second-order valence-electron chi connectivity index (χ2n) is 8.30. The van der Waals surface area contributed by atoms with Gasteiger partial charge in [0, 0.05) is 0 Å².